The summed E-state index contributed by atoms with van der Waals surface area (Å²) in [6, 6.07) is 4.59. The highest BCUT2D eigenvalue weighted by atomic mass is 19.1. The molecule has 0 aliphatic heterocycles. The molecule has 0 amide bonds. The van der Waals surface area contributed by atoms with Crippen LogP contribution in [0.3, 0.4) is 0 Å². The van der Waals surface area contributed by atoms with Gasteiger partial charge < -0.3 is 15.2 Å². The van der Waals surface area contributed by atoms with Crippen molar-refractivity contribution in [3.63, 3.8) is 0 Å². The Morgan fingerprint density at radius 3 is 2.18 bits per heavy atom. The molecule has 98 valence electrons. The van der Waals surface area contributed by atoms with Crippen LogP contribution in [0.1, 0.15) is 26.3 Å². The lowest BCUT2D eigenvalue weighted by molar-refractivity contribution is -0.0979. The maximum absolute atomic E-state index is 12.4. The molecule has 0 heterocycles. The summed E-state index contributed by atoms with van der Waals surface area (Å²) < 4.78 is 12.4. The zero-order valence-corrected chi connectivity index (χ0v) is 11.0. The summed E-state index contributed by atoms with van der Waals surface area (Å²) in [6.07, 6.45) is 0.656. The minimum atomic E-state index is -0.297. The van der Waals surface area contributed by atoms with Crippen LogP contribution in [0.15, 0.2) is 18.2 Å². The van der Waals surface area contributed by atoms with Crippen LogP contribution < -0.4 is 5.32 Å². The first-order valence-corrected chi connectivity index (χ1v) is 5.44. The Morgan fingerprint density at radius 2 is 1.88 bits per heavy atom. The molecule has 0 saturated carbocycles. The Morgan fingerprint density at radius 1 is 1.41 bits per heavy atom. The third kappa shape index (κ3) is 9.51. The van der Waals surface area contributed by atoms with E-state index < -0.39 is 0 Å². The molecule has 0 saturated heterocycles. The maximum atomic E-state index is 12.4. The van der Waals surface area contributed by atoms with Crippen LogP contribution in [0.5, 0.6) is 5.75 Å². The minimum absolute atomic E-state index is 0.170. The van der Waals surface area contributed by atoms with Gasteiger partial charge in [-0.3, -0.25) is 0 Å². The predicted octanol–water partition coefficient (Wildman–Crippen LogP) is 2.52. The van der Waals surface area contributed by atoms with E-state index in [1.165, 1.54) is 18.2 Å². The quantitative estimate of drug-likeness (QED) is 0.839. The van der Waals surface area contributed by atoms with Gasteiger partial charge in [0, 0.05) is 6.04 Å². The number of phenols is 1. The molecule has 0 atom stereocenters. The van der Waals surface area contributed by atoms with Gasteiger partial charge in [0.05, 0.1) is 0 Å². The lowest BCUT2D eigenvalue weighted by Gasteiger charge is -1.98. The van der Waals surface area contributed by atoms with Crippen LogP contribution in [-0.4, -0.2) is 25.0 Å². The first-order valence-electron chi connectivity index (χ1n) is 5.44. The topological polar surface area (TPSA) is 49.3 Å². The van der Waals surface area contributed by atoms with Gasteiger partial charge in [0.1, 0.15) is 18.4 Å². The normalized spacial score (nSPS) is 8.82. The highest BCUT2D eigenvalue weighted by Gasteiger charge is 1.98. The summed E-state index contributed by atoms with van der Waals surface area (Å²) in [5, 5.41) is 12.1. The highest BCUT2D eigenvalue weighted by molar-refractivity contribution is 5.32. The number of benzene rings is 1. The molecule has 4 heteroatoms. The number of hydrogen-bond acceptors (Lipinski definition) is 3. The molecule has 0 aromatic heterocycles. The van der Waals surface area contributed by atoms with Crippen LogP contribution in [-0.2, 0) is 11.2 Å². The molecule has 0 spiro atoms. The van der Waals surface area contributed by atoms with Gasteiger partial charge in [-0.2, -0.15) is 0 Å². The van der Waals surface area contributed by atoms with E-state index in [0.29, 0.717) is 18.0 Å². The first-order chi connectivity index (χ1) is 8.01. The van der Waals surface area contributed by atoms with Gasteiger partial charge in [0.15, 0.2) is 0 Å². The zero-order chi connectivity index (χ0) is 13.8. The number of carbonyl (C=O) groups excluding carboxylic acids is 1. The molecule has 0 aliphatic rings. The molecule has 3 nitrogen and oxygen atoms in total. The smallest absolute Gasteiger partial charge is 0.123 e. The Hall–Kier alpha value is -1.42. The molecule has 2 N–H and O–H groups in total. The van der Waals surface area contributed by atoms with E-state index in [0.717, 1.165) is 0 Å². The zero-order valence-electron chi connectivity index (χ0n) is 11.0. The van der Waals surface area contributed by atoms with Gasteiger partial charge in [-0.15, -0.1) is 0 Å². The standard InChI is InChI=1S/C8H9FO.C4H11N.CH2O/c1-2-6-5-7(9)3-4-8(6)10;1-4(2)5-3;1-2/h3-5,10H,2H2,1H3;4-5H,1-3H3;1H2. The fourth-order valence-corrected chi connectivity index (χ4v) is 0.837. The van der Waals surface area contributed by atoms with Crippen LogP contribution in [0.2, 0.25) is 0 Å². The fraction of sp³-hybridized carbons (Fsp3) is 0.462. The summed E-state index contributed by atoms with van der Waals surface area (Å²) in [4.78, 5) is 8.00. The molecule has 1 aromatic rings. The van der Waals surface area contributed by atoms with E-state index in [9.17, 15) is 4.39 Å². The molecule has 0 fully saturated rings. The van der Waals surface area contributed by atoms with Crippen molar-refractivity contribution in [2.24, 2.45) is 0 Å². The van der Waals surface area contributed by atoms with Crippen molar-refractivity contribution < 1.29 is 14.3 Å². The van der Waals surface area contributed by atoms with E-state index in [2.05, 4.69) is 19.2 Å². The van der Waals surface area contributed by atoms with Gasteiger partial charge >= 0.3 is 0 Å². The molecular formula is C13H22FNO2. The molecule has 0 aliphatic carbocycles. The SMILES string of the molecule is C=O.CCc1cc(F)ccc1O.CNC(C)C. The summed E-state index contributed by atoms with van der Waals surface area (Å²) >= 11 is 0. The Labute approximate surface area is 103 Å². The number of nitrogens with one attached hydrogen (secondary N) is 1. The largest absolute Gasteiger partial charge is 0.508 e. The fourth-order valence-electron chi connectivity index (χ4n) is 0.837. The van der Waals surface area contributed by atoms with Crippen LogP contribution in [0.25, 0.3) is 0 Å². The van der Waals surface area contributed by atoms with E-state index in [1.807, 2.05) is 20.8 Å². The average molecular weight is 243 g/mol. The molecule has 17 heavy (non-hydrogen) atoms. The van der Waals surface area contributed by atoms with Gasteiger partial charge in [-0.25, -0.2) is 4.39 Å². The number of aryl methyl sites for hydroxylation is 1. The monoisotopic (exact) mass is 243 g/mol. The maximum Gasteiger partial charge on any atom is 0.123 e. The van der Waals surface area contributed by atoms with Gasteiger partial charge in [-0.05, 0) is 37.2 Å². The second-order valence-corrected chi connectivity index (χ2v) is 3.57. The summed E-state index contributed by atoms with van der Waals surface area (Å²) in [5.74, 6) is -0.126. The molecular weight excluding hydrogens is 221 g/mol. The molecule has 0 bridgehead atoms. The summed E-state index contributed by atoms with van der Waals surface area (Å²) in [7, 11) is 1.95. The van der Waals surface area contributed by atoms with E-state index in [-0.39, 0.29) is 11.6 Å². The van der Waals surface area contributed by atoms with Crippen LogP contribution >= 0.6 is 0 Å². The third-order valence-corrected chi connectivity index (χ3v) is 2.00. The number of hydrogen-bond donors (Lipinski definition) is 2. The number of carbonyl (C=O) groups is 1. The van der Waals surface area contributed by atoms with Crippen molar-refractivity contribution in [3.05, 3.63) is 29.6 Å². The van der Waals surface area contributed by atoms with Gasteiger partial charge in [0.25, 0.3) is 0 Å². The van der Waals surface area contributed by atoms with Crippen LogP contribution in [0.4, 0.5) is 4.39 Å². The third-order valence-electron chi connectivity index (χ3n) is 2.00. The number of phenolic OH excluding ortho intramolecular Hbond substituents is 1. The summed E-state index contributed by atoms with van der Waals surface area (Å²) in [6.45, 7) is 8.09. The first kappa shape index (κ1) is 18.0. The van der Waals surface area contributed by atoms with Crippen molar-refractivity contribution in [1.29, 1.82) is 0 Å². The van der Waals surface area contributed by atoms with Crippen LogP contribution in [0, 0.1) is 5.82 Å². The Balaban J connectivity index is 0. The molecule has 0 unspecified atom stereocenters. The Bertz CT molecular complexity index is 303. The lowest BCUT2D eigenvalue weighted by atomic mass is 10.1. The van der Waals surface area contributed by atoms with Crippen molar-refractivity contribution in [2.75, 3.05) is 7.05 Å². The van der Waals surface area contributed by atoms with E-state index in [4.69, 9.17) is 9.90 Å². The second-order valence-electron chi connectivity index (χ2n) is 3.57. The number of aromatic hydroxyl groups is 1. The predicted molar refractivity (Wildman–Crippen MR) is 68.8 cm³/mol. The molecule has 1 rings (SSSR count). The van der Waals surface area contributed by atoms with Gasteiger partial charge in [0.2, 0.25) is 0 Å². The van der Waals surface area contributed by atoms with Crippen molar-refractivity contribution >= 4 is 6.79 Å². The molecule has 1 aromatic carbocycles. The van der Waals surface area contributed by atoms with Crippen molar-refractivity contribution in [2.45, 2.75) is 33.2 Å². The number of rotatable bonds is 2. The second kappa shape index (κ2) is 11.1. The average Bonchev–Trinajstić information content (AvgIpc) is 2.35. The Kier molecular flexibility index (Phi) is 11.7. The van der Waals surface area contributed by atoms with E-state index >= 15 is 0 Å². The van der Waals surface area contributed by atoms with Crippen molar-refractivity contribution in [1.82, 2.24) is 5.32 Å². The number of halogens is 1. The molecule has 0 radical (unpaired) electrons. The minimum Gasteiger partial charge on any atom is -0.508 e. The lowest BCUT2D eigenvalue weighted by Crippen LogP contribution is -2.15. The highest BCUT2D eigenvalue weighted by Crippen LogP contribution is 2.17. The summed E-state index contributed by atoms with van der Waals surface area (Å²) in [5.41, 5.74) is 0.653. The van der Waals surface area contributed by atoms with E-state index in [1.54, 1.807) is 0 Å². The van der Waals surface area contributed by atoms with Gasteiger partial charge in [-0.1, -0.05) is 20.8 Å². The van der Waals surface area contributed by atoms with Crippen molar-refractivity contribution in [3.8, 4) is 5.75 Å².